The van der Waals surface area contributed by atoms with Gasteiger partial charge in [-0.05, 0) is 36.2 Å². The van der Waals surface area contributed by atoms with E-state index in [2.05, 4.69) is 4.72 Å². The number of anilines is 1. The predicted molar refractivity (Wildman–Crippen MR) is 106 cm³/mol. The van der Waals surface area contributed by atoms with Crippen LogP contribution in [0.1, 0.15) is 21.5 Å². The van der Waals surface area contributed by atoms with Gasteiger partial charge in [0.15, 0.2) is 0 Å². The lowest BCUT2D eigenvalue weighted by Crippen LogP contribution is -2.51. The van der Waals surface area contributed by atoms with E-state index in [0.29, 0.717) is 49.4 Å². The van der Waals surface area contributed by atoms with E-state index in [1.54, 1.807) is 34.9 Å². The van der Waals surface area contributed by atoms with Crippen molar-refractivity contribution in [3.8, 4) is 0 Å². The number of piperazine rings is 1. The van der Waals surface area contributed by atoms with Crippen molar-refractivity contribution >= 4 is 28.8 Å². The molecule has 1 aliphatic heterocycles. The fourth-order valence-corrected chi connectivity index (χ4v) is 3.63. The van der Waals surface area contributed by atoms with Crippen molar-refractivity contribution in [3.63, 3.8) is 0 Å². The van der Waals surface area contributed by atoms with Gasteiger partial charge in [0, 0.05) is 48.7 Å². The number of carbonyl (C=O) groups is 2. The summed E-state index contributed by atoms with van der Waals surface area (Å²) in [6.45, 7) is 3.70. The van der Waals surface area contributed by atoms with Crippen molar-refractivity contribution < 1.29 is 18.4 Å². The highest BCUT2D eigenvalue weighted by molar-refractivity contribution is 7.80. The first-order valence-corrected chi connectivity index (χ1v) is 10.1. The molecule has 28 heavy (non-hydrogen) atoms. The summed E-state index contributed by atoms with van der Waals surface area (Å²) in [7, 11) is 0. The summed E-state index contributed by atoms with van der Waals surface area (Å²) in [6, 6.07) is 14.5. The van der Waals surface area contributed by atoms with Gasteiger partial charge in [0.05, 0.1) is 6.42 Å². The summed E-state index contributed by atoms with van der Waals surface area (Å²) in [4.78, 5) is 28.7. The minimum Gasteiger partial charge on any atom is -0.755 e. The van der Waals surface area contributed by atoms with E-state index < -0.39 is 11.3 Å². The lowest BCUT2D eigenvalue weighted by Gasteiger charge is -2.35. The summed E-state index contributed by atoms with van der Waals surface area (Å²) >= 11 is -2.40. The third kappa shape index (κ3) is 4.96. The molecule has 148 valence electrons. The van der Waals surface area contributed by atoms with Crippen LogP contribution >= 0.6 is 0 Å². The van der Waals surface area contributed by atoms with E-state index in [-0.39, 0.29) is 11.8 Å². The van der Waals surface area contributed by atoms with Crippen LogP contribution in [-0.2, 0) is 22.5 Å². The molecule has 1 fully saturated rings. The number of amides is 2. The highest BCUT2D eigenvalue weighted by atomic mass is 32.2. The van der Waals surface area contributed by atoms with Crippen molar-refractivity contribution in [3.05, 3.63) is 65.2 Å². The molecule has 1 aliphatic rings. The van der Waals surface area contributed by atoms with Crippen LogP contribution in [0.3, 0.4) is 0 Å². The van der Waals surface area contributed by atoms with Gasteiger partial charge in [0.1, 0.15) is 0 Å². The van der Waals surface area contributed by atoms with Crippen LogP contribution in [0, 0.1) is 6.92 Å². The lowest BCUT2D eigenvalue weighted by atomic mass is 10.1. The van der Waals surface area contributed by atoms with Crippen LogP contribution < -0.4 is 4.72 Å². The van der Waals surface area contributed by atoms with Gasteiger partial charge in [0.2, 0.25) is 5.91 Å². The van der Waals surface area contributed by atoms with E-state index >= 15 is 0 Å². The third-order valence-electron chi connectivity index (χ3n) is 4.78. The minimum atomic E-state index is -2.40. The lowest BCUT2D eigenvalue weighted by molar-refractivity contribution is -0.131. The summed E-state index contributed by atoms with van der Waals surface area (Å²) < 4.78 is 23.8. The molecule has 8 heteroatoms. The summed E-state index contributed by atoms with van der Waals surface area (Å²) in [5, 5.41) is 0. The second-order valence-corrected chi connectivity index (χ2v) is 7.38. The van der Waals surface area contributed by atoms with Crippen LogP contribution in [0.5, 0.6) is 0 Å². The molecule has 2 aromatic carbocycles. The molecule has 3 rings (SSSR count). The Morgan fingerprint density at radius 2 is 1.68 bits per heavy atom. The predicted octanol–water partition coefficient (Wildman–Crippen LogP) is 1.73. The van der Waals surface area contributed by atoms with Crippen molar-refractivity contribution in [1.29, 1.82) is 0 Å². The van der Waals surface area contributed by atoms with Gasteiger partial charge in [-0.25, -0.2) is 0 Å². The number of aryl methyl sites for hydroxylation is 1. The Morgan fingerprint density at radius 1 is 1.04 bits per heavy atom. The van der Waals surface area contributed by atoms with Crippen LogP contribution in [0.4, 0.5) is 5.69 Å². The van der Waals surface area contributed by atoms with Gasteiger partial charge in [0.25, 0.3) is 5.91 Å². The Kier molecular flexibility index (Phi) is 6.43. The molecule has 0 aromatic heterocycles. The topological polar surface area (TPSA) is 92.8 Å². The maximum Gasteiger partial charge on any atom is 0.253 e. The first kappa shape index (κ1) is 20.0. The van der Waals surface area contributed by atoms with Crippen LogP contribution in [0.25, 0.3) is 0 Å². The second-order valence-electron chi connectivity index (χ2n) is 6.70. The summed E-state index contributed by atoms with van der Waals surface area (Å²) in [6.07, 6.45) is 0.365. The molecule has 1 unspecified atom stereocenters. The number of hydrogen-bond acceptors (Lipinski definition) is 4. The minimum absolute atomic E-state index is 0.0650. The number of carbonyl (C=O) groups excluding carboxylic acids is 2. The van der Waals surface area contributed by atoms with Gasteiger partial charge in [-0.1, -0.05) is 30.3 Å². The maximum atomic E-state index is 12.7. The molecular weight excluding hydrogens is 378 g/mol. The van der Waals surface area contributed by atoms with E-state index in [0.717, 1.165) is 5.56 Å². The molecule has 0 aliphatic carbocycles. The highest BCUT2D eigenvalue weighted by Crippen LogP contribution is 2.19. The van der Waals surface area contributed by atoms with Gasteiger partial charge in [-0.2, -0.15) is 0 Å². The SMILES string of the molecule is Cc1cc(C(=O)N2CCN(C(=O)Cc3ccccc3)CC2)ccc1NS(=O)[O-]. The fraction of sp³-hybridized carbons (Fsp3) is 0.300. The number of hydrogen-bond donors (Lipinski definition) is 1. The first-order chi connectivity index (χ1) is 13.4. The maximum absolute atomic E-state index is 12.7. The van der Waals surface area contributed by atoms with Crippen molar-refractivity contribution in [2.45, 2.75) is 13.3 Å². The monoisotopic (exact) mass is 400 g/mol. The van der Waals surface area contributed by atoms with Crippen molar-refractivity contribution in [2.75, 3.05) is 30.9 Å². The van der Waals surface area contributed by atoms with Gasteiger partial charge < -0.3 is 19.1 Å². The summed E-state index contributed by atoms with van der Waals surface area (Å²) in [5.74, 6) is -0.0526. The Bertz CT molecular complexity index is 880. The standard InChI is InChI=1S/C20H23N3O4S/c1-15-13-17(7-8-18(15)21-28(26)27)20(25)23-11-9-22(10-12-23)19(24)14-16-5-3-2-4-6-16/h2-8,13,21H,9-12,14H2,1H3,(H,26,27)/p-1. The highest BCUT2D eigenvalue weighted by Gasteiger charge is 2.25. The third-order valence-corrected chi connectivity index (χ3v) is 5.17. The van der Waals surface area contributed by atoms with Crippen molar-refractivity contribution in [1.82, 2.24) is 9.80 Å². The molecule has 2 amide bonds. The number of benzene rings is 2. The molecule has 2 aromatic rings. The molecular formula is C20H22N3O4S-. The largest absolute Gasteiger partial charge is 0.755 e. The normalized spacial score (nSPS) is 15.2. The average molecular weight is 400 g/mol. The van der Waals surface area contributed by atoms with Crippen molar-refractivity contribution in [2.24, 2.45) is 0 Å². The van der Waals surface area contributed by atoms with Crippen LogP contribution in [-0.4, -0.2) is 56.6 Å². The van der Waals surface area contributed by atoms with Gasteiger partial charge in [-0.3, -0.25) is 13.8 Å². The molecule has 1 heterocycles. The van der Waals surface area contributed by atoms with E-state index in [9.17, 15) is 18.4 Å². The molecule has 0 spiro atoms. The summed E-state index contributed by atoms with van der Waals surface area (Å²) in [5.41, 5.74) is 2.60. The molecule has 1 atom stereocenters. The zero-order valence-electron chi connectivity index (χ0n) is 15.6. The number of nitrogens with one attached hydrogen (secondary N) is 1. The Balaban J connectivity index is 1.57. The molecule has 1 saturated heterocycles. The van der Waals surface area contributed by atoms with E-state index in [4.69, 9.17) is 0 Å². The first-order valence-electron chi connectivity index (χ1n) is 9.01. The van der Waals surface area contributed by atoms with E-state index in [1.165, 1.54) is 0 Å². The van der Waals surface area contributed by atoms with E-state index in [1.807, 2.05) is 30.3 Å². The quantitative estimate of drug-likeness (QED) is 0.774. The fourth-order valence-electron chi connectivity index (χ4n) is 3.22. The Morgan fingerprint density at radius 3 is 2.29 bits per heavy atom. The second kappa shape index (κ2) is 8.99. The van der Waals surface area contributed by atoms with Gasteiger partial charge >= 0.3 is 0 Å². The van der Waals surface area contributed by atoms with Crippen LogP contribution in [0.2, 0.25) is 0 Å². The number of rotatable bonds is 5. The zero-order valence-corrected chi connectivity index (χ0v) is 16.4. The molecule has 0 radical (unpaired) electrons. The van der Waals surface area contributed by atoms with Gasteiger partial charge in [-0.15, -0.1) is 0 Å². The zero-order chi connectivity index (χ0) is 20.1. The smallest absolute Gasteiger partial charge is 0.253 e. The molecule has 1 N–H and O–H groups in total. The Hall–Kier alpha value is -2.71. The molecule has 7 nitrogen and oxygen atoms in total. The Labute approximate surface area is 166 Å². The number of nitrogens with zero attached hydrogens (tertiary/aromatic N) is 2. The molecule has 0 bridgehead atoms. The molecule has 0 saturated carbocycles. The average Bonchev–Trinajstić information content (AvgIpc) is 2.69. The van der Waals surface area contributed by atoms with Crippen LogP contribution in [0.15, 0.2) is 48.5 Å².